The van der Waals surface area contributed by atoms with Crippen molar-refractivity contribution in [2.24, 2.45) is 5.73 Å². The Bertz CT molecular complexity index is 374. The number of aliphatic carboxylic acids is 1. The zero-order valence-corrected chi connectivity index (χ0v) is 9.14. The molecule has 0 aliphatic carbocycles. The number of carboxylic acids is 1. The first-order chi connectivity index (χ1) is 6.99. The van der Waals surface area contributed by atoms with E-state index in [0.717, 1.165) is 12.1 Å². The Morgan fingerprint density at radius 1 is 1.38 bits per heavy atom. The zero-order chi connectivity index (χ0) is 11.4. The number of hydrogen-bond acceptors (Lipinski definition) is 2. The molecule has 16 heavy (non-hydrogen) atoms. The van der Waals surface area contributed by atoms with Gasteiger partial charge in [-0.05, 0) is 24.1 Å². The SMILES string of the molecule is Cl.N[C@@H](CC(=O)O)Cc1ccc(F)c(F)c1. The molecule has 0 saturated carbocycles. The van der Waals surface area contributed by atoms with E-state index >= 15 is 0 Å². The predicted octanol–water partition coefficient (Wildman–Crippen LogP) is 1.73. The molecule has 0 aromatic heterocycles. The lowest BCUT2D eigenvalue weighted by molar-refractivity contribution is -0.137. The third kappa shape index (κ3) is 4.55. The Labute approximate surface area is 97.7 Å². The average Bonchev–Trinajstić information content (AvgIpc) is 2.10. The fourth-order valence-corrected chi connectivity index (χ4v) is 1.27. The van der Waals surface area contributed by atoms with Gasteiger partial charge >= 0.3 is 5.97 Å². The molecule has 0 fully saturated rings. The Balaban J connectivity index is 0.00000225. The van der Waals surface area contributed by atoms with Crippen LogP contribution < -0.4 is 5.73 Å². The minimum Gasteiger partial charge on any atom is -0.481 e. The number of carbonyl (C=O) groups is 1. The predicted molar refractivity (Wildman–Crippen MR) is 57.5 cm³/mol. The first-order valence-electron chi connectivity index (χ1n) is 4.40. The van der Waals surface area contributed by atoms with Crippen LogP contribution in [0.2, 0.25) is 0 Å². The van der Waals surface area contributed by atoms with Crippen LogP contribution in [-0.2, 0) is 11.2 Å². The second-order valence-electron chi connectivity index (χ2n) is 3.31. The maximum atomic E-state index is 12.8. The van der Waals surface area contributed by atoms with Crippen molar-refractivity contribution < 1.29 is 18.7 Å². The van der Waals surface area contributed by atoms with Gasteiger partial charge in [0.2, 0.25) is 0 Å². The highest BCUT2D eigenvalue weighted by molar-refractivity contribution is 5.85. The van der Waals surface area contributed by atoms with Crippen LogP contribution in [0.4, 0.5) is 8.78 Å². The molecule has 3 nitrogen and oxygen atoms in total. The van der Waals surface area contributed by atoms with Crippen LogP contribution in [0.1, 0.15) is 12.0 Å². The van der Waals surface area contributed by atoms with Crippen molar-refractivity contribution in [2.75, 3.05) is 0 Å². The van der Waals surface area contributed by atoms with E-state index in [2.05, 4.69) is 0 Å². The maximum absolute atomic E-state index is 12.8. The van der Waals surface area contributed by atoms with Crippen LogP contribution in [0.25, 0.3) is 0 Å². The highest BCUT2D eigenvalue weighted by Crippen LogP contribution is 2.10. The first kappa shape index (κ1) is 14.8. The van der Waals surface area contributed by atoms with Gasteiger partial charge in [0.15, 0.2) is 11.6 Å². The summed E-state index contributed by atoms with van der Waals surface area (Å²) in [7, 11) is 0. The Morgan fingerprint density at radius 3 is 2.50 bits per heavy atom. The standard InChI is InChI=1S/C10H11F2NO2.ClH/c11-8-2-1-6(4-9(8)12)3-7(13)5-10(14)15;/h1-2,4,7H,3,5,13H2,(H,14,15);1H/t7-;/m1./s1. The number of carboxylic acid groups (broad SMARTS) is 1. The lowest BCUT2D eigenvalue weighted by Crippen LogP contribution is -2.26. The van der Waals surface area contributed by atoms with E-state index in [9.17, 15) is 13.6 Å². The fourth-order valence-electron chi connectivity index (χ4n) is 1.27. The van der Waals surface area contributed by atoms with Gasteiger partial charge in [-0.25, -0.2) is 8.78 Å². The summed E-state index contributed by atoms with van der Waals surface area (Å²) in [6.07, 6.45) is 0.0164. The van der Waals surface area contributed by atoms with Crippen molar-refractivity contribution in [1.29, 1.82) is 0 Å². The van der Waals surface area contributed by atoms with E-state index in [-0.39, 0.29) is 25.2 Å². The molecule has 1 atom stereocenters. The third-order valence-corrected chi connectivity index (χ3v) is 1.92. The van der Waals surface area contributed by atoms with E-state index in [1.54, 1.807) is 0 Å². The molecule has 0 aliphatic heterocycles. The van der Waals surface area contributed by atoms with Gasteiger partial charge in [-0.3, -0.25) is 4.79 Å². The lowest BCUT2D eigenvalue weighted by Gasteiger charge is -2.08. The monoisotopic (exact) mass is 251 g/mol. The maximum Gasteiger partial charge on any atom is 0.304 e. The van der Waals surface area contributed by atoms with E-state index in [1.165, 1.54) is 6.07 Å². The highest BCUT2D eigenvalue weighted by Gasteiger charge is 2.10. The highest BCUT2D eigenvalue weighted by atomic mass is 35.5. The van der Waals surface area contributed by atoms with E-state index in [4.69, 9.17) is 10.8 Å². The van der Waals surface area contributed by atoms with E-state index in [0.29, 0.717) is 5.56 Å². The van der Waals surface area contributed by atoms with Crippen molar-refractivity contribution in [2.45, 2.75) is 18.9 Å². The molecular formula is C10H12ClF2NO2. The molecule has 0 heterocycles. The van der Waals surface area contributed by atoms with Gasteiger partial charge in [-0.15, -0.1) is 12.4 Å². The van der Waals surface area contributed by atoms with Gasteiger partial charge in [0.25, 0.3) is 0 Å². The molecule has 0 unspecified atom stereocenters. The lowest BCUT2D eigenvalue weighted by atomic mass is 10.0. The van der Waals surface area contributed by atoms with Crippen molar-refractivity contribution in [3.63, 3.8) is 0 Å². The van der Waals surface area contributed by atoms with Gasteiger partial charge in [0.1, 0.15) is 0 Å². The molecule has 3 N–H and O–H groups in total. The Hall–Kier alpha value is -1.20. The molecule has 1 aromatic carbocycles. The normalized spacial score (nSPS) is 11.7. The molecule has 0 saturated heterocycles. The van der Waals surface area contributed by atoms with Gasteiger partial charge < -0.3 is 10.8 Å². The van der Waals surface area contributed by atoms with Crippen molar-refractivity contribution in [1.82, 2.24) is 0 Å². The number of benzene rings is 1. The van der Waals surface area contributed by atoms with Crippen LogP contribution in [0.3, 0.4) is 0 Å². The first-order valence-corrected chi connectivity index (χ1v) is 4.40. The molecule has 0 bridgehead atoms. The zero-order valence-electron chi connectivity index (χ0n) is 8.32. The second kappa shape index (κ2) is 6.40. The van der Waals surface area contributed by atoms with Crippen LogP contribution in [0.15, 0.2) is 18.2 Å². The number of nitrogens with two attached hydrogens (primary N) is 1. The summed E-state index contributed by atoms with van der Waals surface area (Å²) in [6.45, 7) is 0. The number of hydrogen-bond donors (Lipinski definition) is 2. The van der Waals surface area contributed by atoms with Crippen LogP contribution in [-0.4, -0.2) is 17.1 Å². The van der Waals surface area contributed by atoms with Crippen molar-refractivity contribution >= 4 is 18.4 Å². The summed E-state index contributed by atoms with van der Waals surface area (Å²) < 4.78 is 25.3. The van der Waals surface area contributed by atoms with Gasteiger partial charge in [-0.1, -0.05) is 6.07 Å². The minimum atomic E-state index is -1.01. The fraction of sp³-hybridized carbons (Fsp3) is 0.300. The number of rotatable bonds is 4. The minimum absolute atomic E-state index is 0. The molecule has 90 valence electrons. The quantitative estimate of drug-likeness (QED) is 0.857. The molecule has 0 radical (unpaired) electrons. The number of halogens is 3. The van der Waals surface area contributed by atoms with Crippen LogP contribution >= 0.6 is 12.4 Å². The van der Waals surface area contributed by atoms with E-state index in [1.807, 2.05) is 0 Å². The molecule has 1 aromatic rings. The average molecular weight is 252 g/mol. The van der Waals surface area contributed by atoms with Gasteiger partial charge in [-0.2, -0.15) is 0 Å². The van der Waals surface area contributed by atoms with Crippen LogP contribution in [0, 0.1) is 11.6 Å². The van der Waals surface area contributed by atoms with Crippen molar-refractivity contribution in [3.8, 4) is 0 Å². The van der Waals surface area contributed by atoms with Gasteiger partial charge in [0.05, 0.1) is 6.42 Å². The third-order valence-electron chi connectivity index (χ3n) is 1.92. The molecular weight excluding hydrogens is 240 g/mol. The summed E-state index contributed by atoms with van der Waals surface area (Å²) in [5, 5.41) is 8.45. The largest absolute Gasteiger partial charge is 0.481 e. The van der Waals surface area contributed by atoms with E-state index < -0.39 is 23.6 Å². The topological polar surface area (TPSA) is 63.3 Å². The molecule has 6 heteroatoms. The van der Waals surface area contributed by atoms with Gasteiger partial charge in [0, 0.05) is 6.04 Å². The second-order valence-corrected chi connectivity index (χ2v) is 3.31. The summed E-state index contributed by atoms with van der Waals surface area (Å²) in [5.41, 5.74) is 5.99. The molecule has 0 aliphatic rings. The summed E-state index contributed by atoms with van der Waals surface area (Å²) >= 11 is 0. The van der Waals surface area contributed by atoms with Crippen molar-refractivity contribution in [3.05, 3.63) is 35.4 Å². The Morgan fingerprint density at radius 2 is 2.00 bits per heavy atom. The van der Waals surface area contributed by atoms with Crippen LogP contribution in [0.5, 0.6) is 0 Å². The summed E-state index contributed by atoms with van der Waals surface area (Å²) in [6, 6.07) is 2.82. The Kier molecular flexibility index (Phi) is 5.92. The molecule has 0 spiro atoms. The smallest absolute Gasteiger partial charge is 0.304 e. The summed E-state index contributed by atoms with van der Waals surface area (Å²) in [4.78, 5) is 10.3. The molecule has 0 amide bonds. The molecule has 1 rings (SSSR count). The summed E-state index contributed by atoms with van der Waals surface area (Å²) in [5.74, 6) is -2.88.